The molecule has 0 aromatic carbocycles. The second-order valence-electron chi connectivity index (χ2n) is 3.10. The van der Waals surface area contributed by atoms with Crippen LogP contribution in [0, 0.1) is 0 Å². The highest BCUT2D eigenvalue weighted by molar-refractivity contribution is 7.80. The van der Waals surface area contributed by atoms with Gasteiger partial charge in [0.15, 0.2) is 0 Å². The lowest BCUT2D eigenvalue weighted by atomic mass is 10.0. The van der Waals surface area contributed by atoms with Gasteiger partial charge in [-0.2, -0.15) is 12.6 Å². The first-order valence-corrected chi connectivity index (χ1v) is 4.40. The molecule has 2 saturated heterocycles. The Bertz CT molecular complexity index is 185. The Morgan fingerprint density at radius 1 is 1.64 bits per heavy atom. The third-order valence-electron chi connectivity index (χ3n) is 2.32. The van der Waals surface area contributed by atoms with E-state index < -0.39 is 0 Å². The molecule has 0 radical (unpaired) electrons. The molecule has 0 unspecified atom stereocenters. The number of fused-ring (bicyclic) bond motifs is 1. The molecule has 0 spiro atoms. The number of cyclic esters (lactones) is 1. The molecule has 4 heteroatoms. The first kappa shape index (κ1) is 7.28. The molecule has 2 fully saturated rings. The van der Waals surface area contributed by atoms with Crippen LogP contribution in [0.25, 0.3) is 0 Å². The Labute approximate surface area is 71.1 Å². The number of piperidine rings is 1. The number of hydrogen-bond donors (Lipinski definition) is 1. The summed E-state index contributed by atoms with van der Waals surface area (Å²) in [4.78, 5) is 12.8. The maximum absolute atomic E-state index is 11.0. The summed E-state index contributed by atoms with van der Waals surface area (Å²) in [5.74, 6) is 0. The molecule has 3 nitrogen and oxygen atoms in total. The van der Waals surface area contributed by atoms with Crippen molar-refractivity contribution >= 4 is 18.7 Å². The zero-order valence-corrected chi connectivity index (χ0v) is 7.09. The fourth-order valence-corrected chi connectivity index (χ4v) is 2.04. The van der Waals surface area contributed by atoms with E-state index in [0.717, 1.165) is 19.4 Å². The molecule has 0 saturated carbocycles. The van der Waals surface area contributed by atoms with Crippen LogP contribution < -0.4 is 0 Å². The predicted octanol–water partition coefficient (Wildman–Crippen LogP) is 0.899. The fraction of sp³-hybridized carbons (Fsp3) is 0.857. The maximum Gasteiger partial charge on any atom is 0.410 e. The number of ether oxygens (including phenoxy) is 1. The van der Waals surface area contributed by atoms with Crippen LogP contribution in [-0.2, 0) is 4.74 Å². The van der Waals surface area contributed by atoms with E-state index in [9.17, 15) is 4.79 Å². The van der Waals surface area contributed by atoms with Crippen molar-refractivity contribution in [1.82, 2.24) is 4.90 Å². The Morgan fingerprint density at radius 3 is 3.27 bits per heavy atom. The van der Waals surface area contributed by atoms with Gasteiger partial charge in [-0.15, -0.1) is 0 Å². The van der Waals surface area contributed by atoms with Gasteiger partial charge in [-0.25, -0.2) is 4.79 Å². The van der Waals surface area contributed by atoms with Gasteiger partial charge in [0, 0.05) is 11.8 Å². The van der Waals surface area contributed by atoms with Gasteiger partial charge < -0.3 is 9.64 Å². The summed E-state index contributed by atoms with van der Waals surface area (Å²) >= 11 is 4.38. The molecule has 2 aliphatic rings. The molecule has 2 rings (SSSR count). The van der Waals surface area contributed by atoms with E-state index in [2.05, 4.69) is 12.6 Å². The van der Waals surface area contributed by atoms with Gasteiger partial charge in [0.25, 0.3) is 0 Å². The van der Waals surface area contributed by atoms with E-state index in [1.807, 2.05) is 4.90 Å². The molecular formula is C7H11NO2S. The van der Waals surface area contributed by atoms with Crippen molar-refractivity contribution in [3.8, 4) is 0 Å². The first-order chi connectivity index (χ1) is 5.27. The van der Waals surface area contributed by atoms with E-state index in [4.69, 9.17) is 4.74 Å². The predicted molar refractivity (Wildman–Crippen MR) is 43.9 cm³/mol. The van der Waals surface area contributed by atoms with Gasteiger partial charge in [0.1, 0.15) is 6.61 Å². The van der Waals surface area contributed by atoms with Gasteiger partial charge >= 0.3 is 6.09 Å². The van der Waals surface area contributed by atoms with Gasteiger partial charge in [-0.1, -0.05) is 0 Å². The largest absolute Gasteiger partial charge is 0.447 e. The van der Waals surface area contributed by atoms with E-state index in [1.54, 1.807) is 0 Å². The summed E-state index contributed by atoms with van der Waals surface area (Å²) in [6, 6.07) is 0.304. The standard InChI is InChI=1S/C7H11NO2S/c9-7-8-2-1-6(11)3-5(8)4-10-7/h5-6,11H,1-4H2/t5-,6-/m0/s1. The zero-order chi connectivity index (χ0) is 7.84. The second-order valence-corrected chi connectivity index (χ2v) is 3.83. The fourth-order valence-electron chi connectivity index (χ4n) is 1.68. The van der Waals surface area contributed by atoms with Crippen molar-refractivity contribution in [2.45, 2.75) is 24.1 Å². The lowest BCUT2D eigenvalue weighted by Crippen LogP contribution is -2.41. The van der Waals surface area contributed by atoms with Crippen LogP contribution >= 0.6 is 12.6 Å². The number of carbonyl (C=O) groups is 1. The number of nitrogens with zero attached hydrogens (tertiary/aromatic N) is 1. The number of hydrogen-bond acceptors (Lipinski definition) is 3. The average Bonchev–Trinajstić information content (AvgIpc) is 2.32. The van der Waals surface area contributed by atoms with Gasteiger partial charge in [0.05, 0.1) is 6.04 Å². The Morgan fingerprint density at radius 2 is 2.45 bits per heavy atom. The van der Waals surface area contributed by atoms with Gasteiger partial charge in [-0.3, -0.25) is 0 Å². The van der Waals surface area contributed by atoms with Crippen LogP contribution in [0.2, 0.25) is 0 Å². The molecule has 0 bridgehead atoms. The van der Waals surface area contributed by atoms with Crippen molar-refractivity contribution in [3.63, 3.8) is 0 Å². The Kier molecular flexibility index (Phi) is 1.71. The van der Waals surface area contributed by atoms with Gasteiger partial charge in [-0.05, 0) is 12.8 Å². The number of carbonyl (C=O) groups excluding carboxylic acids is 1. The van der Waals surface area contributed by atoms with Crippen LogP contribution in [0.15, 0.2) is 0 Å². The molecule has 0 N–H and O–H groups in total. The lowest BCUT2D eigenvalue weighted by Gasteiger charge is -2.29. The zero-order valence-electron chi connectivity index (χ0n) is 6.19. The molecule has 2 heterocycles. The highest BCUT2D eigenvalue weighted by atomic mass is 32.1. The minimum Gasteiger partial charge on any atom is -0.447 e. The van der Waals surface area contributed by atoms with Crippen molar-refractivity contribution in [3.05, 3.63) is 0 Å². The van der Waals surface area contributed by atoms with Crippen LogP contribution in [0.5, 0.6) is 0 Å². The van der Waals surface area contributed by atoms with Crippen LogP contribution in [0.3, 0.4) is 0 Å². The van der Waals surface area contributed by atoms with E-state index in [-0.39, 0.29) is 6.09 Å². The van der Waals surface area contributed by atoms with Crippen LogP contribution in [0.4, 0.5) is 4.79 Å². The Balaban J connectivity index is 2.06. The third-order valence-corrected chi connectivity index (χ3v) is 2.79. The molecule has 0 aromatic rings. The summed E-state index contributed by atoms with van der Waals surface area (Å²) in [5, 5.41) is 0.450. The maximum atomic E-state index is 11.0. The molecule has 1 amide bonds. The monoisotopic (exact) mass is 173 g/mol. The molecule has 2 atom stereocenters. The summed E-state index contributed by atoms with van der Waals surface area (Å²) in [7, 11) is 0. The average molecular weight is 173 g/mol. The van der Waals surface area contributed by atoms with Gasteiger partial charge in [0.2, 0.25) is 0 Å². The first-order valence-electron chi connectivity index (χ1n) is 3.89. The highest BCUT2D eigenvalue weighted by Gasteiger charge is 2.36. The van der Waals surface area contributed by atoms with Crippen molar-refractivity contribution < 1.29 is 9.53 Å². The molecular weight excluding hydrogens is 162 g/mol. The third kappa shape index (κ3) is 1.20. The summed E-state index contributed by atoms with van der Waals surface area (Å²) in [6.07, 6.45) is 1.83. The van der Waals surface area contributed by atoms with Crippen molar-refractivity contribution in [2.75, 3.05) is 13.2 Å². The normalized spacial score (nSPS) is 36.8. The van der Waals surface area contributed by atoms with Crippen LogP contribution in [0.1, 0.15) is 12.8 Å². The summed E-state index contributed by atoms with van der Waals surface area (Å²) in [6.45, 7) is 1.38. The number of thiol groups is 1. The van der Waals surface area contributed by atoms with Crippen LogP contribution in [-0.4, -0.2) is 35.4 Å². The van der Waals surface area contributed by atoms with E-state index in [0.29, 0.717) is 17.9 Å². The van der Waals surface area contributed by atoms with E-state index >= 15 is 0 Å². The number of rotatable bonds is 0. The minimum atomic E-state index is -0.143. The molecule has 0 aliphatic carbocycles. The lowest BCUT2D eigenvalue weighted by molar-refractivity contribution is 0.154. The highest BCUT2D eigenvalue weighted by Crippen LogP contribution is 2.25. The second kappa shape index (κ2) is 2.59. The summed E-state index contributed by atoms with van der Waals surface area (Å²) < 4.78 is 4.90. The topological polar surface area (TPSA) is 29.5 Å². The smallest absolute Gasteiger partial charge is 0.410 e. The molecule has 2 aliphatic heterocycles. The SMILES string of the molecule is O=C1OC[C@@H]2C[C@@H](S)CCN12. The quantitative estimate of drug-likeness (QED) is 0.551. The molecule has 0 aromatic heterocycles. The minimum absolute atomic E-state index is 0.143. The number of amides is 1. The van der Waals surface area contributed by atoms with E-state index in [1.165, 1.54) is 0 Å². The summed E-state index contributed by atoms with van der Waals surface area (Å²) in [5.41, 5.74) is 0. The molecule has 62 valence electrons. The van der Waals surface area contributed by atoms with Crippen molar-refractivity contribution in [1.29, 1.82) is 0 Å². The molecule has 11 heavy (non-hydrogen) atoms. The Hall–Kier alpha value is -0.380. The van der Waals surface area contributed by atoms with Crippen molar-refractivity contribution in [2.24, 2.45) is 0 Å².